The molecular weight excluding hydrogens is 332 g/mol. The summed E-state index contributed by atoms with van der Waals surface area (Å²) in [5.74, 6) is 0.0755. The normalized spacial score (nSPS) is 12.2. The second-order valence-corrected chi connectivity index (χ2v) is 7.22. The third-order valence-electron chi connectivity index (χ3n) is 4.51. The zero-order valence-corrected chi connectivity index (χ0v) is 16.3. The molecule has 0 spiro atoms. The van der Waals surface area contributed by atoms with Gasteiger partial charge in [0.15, 0.2) is 0 Å². The van der Waals surface area contributed by atoms with Gasteiger partial charge >= 0.3 is 0 Å². The summed E-state index contributed by atoms with van der Waals surface area (Å²) in [7, 11) is 1.86. The van der Waals surface area contributed by atoms with Crippen LogP contribution < -0.4 is 5.73 Å². The number of rotatable bonds is 6. The molecular formula is C21H29ClN2O. The van der Waals surface area contributed by atoms with E-state index in [1.165, 1.54) is 11.1 Å². The largest absolute Gasteiger partial charge is 0.345 e. The maximum Gasteiger partial charge on any atom is 0.224 e. The van der Waals surface area contributed by atoms with Crippen molar-refractivity contribution >= 4 is 18.3 Å². The summed E-state index contributed by atoms with van der Waals surface area (Å²) in [6.45, 7) is 7.07. The van der Waals surface area contributed by atoms with Crippen molar-refractivity contribution in [2.75, 3.05) is 13.6 Å². The minimum Gasteiger partial charge on any atom is -0.345 e. The van der Waals surface area contributed by atoms with Crippen LogP contribution in [0.2, 0.25) is 0 Å². The molecule has 2 rings (SSSR count). The van der Waals surface area contributed by atoms with Crippen LogP contribution >= 0.6 is 12.4 Å². The SMILES string of the molecule is Cc1ccc(C(C)(C)CN(C)C(=O)CC(N)c2ccccc2)cc1.Cl. The van der Waals surface area contributed by atoms with Gasteiger partial charge in [0.1, 0.15) is 0 Å². The molecule has 25 heavy (non-hydrogen) atoms. The van der Waals surface area contributed by atoms with Crippen LogP contribution in [-0.2, 0) is 10.2 Å². The molecule has 0 saturated carbocycles. The smallest absolute Gasteiger partial charge is 0.224 e. The monoisotopic (exact) mass is 360 g/mol. The number of carbonyl (C=O) groups excluding carboxylic acids is 1. The molecule has 0 radical (unpaired) electrons. The van der Waals surface area contributed by atoms with Crippen molar-refractivity contribution in [3.05, 3.63) is 71.3 Å². The Morgan fingerprint density at radius 1 is 1.08 bits per heavy atom. The molecule has 0 aliphatic carbocycles. The molecule has 0 heterocycles. The van der Waals surface area contributed by atoms with Gasteiger partial charge in [-0.2, -0.15) is 0 Å². The third kappa shape index (κ3) is 5.87. The van der Waals surface area contributed by atoms with E-state index in [1.807, 2.05) is 37.4 Å². The Balaban J connectivity index is 0.00000312. The van der Waals surface area contributed by atoms with Crippen LogP contribution in [0.15, 0.2) is 54.6 Å². The average molecular weight is 361 g/mol. The quantitative estimate of drug-likeness (QED) is 0.837. The lowest BCUT2D eigenvalue weighted by molar-refractivity contribution is -0.131. The molecule has 2 aromatic carbocycles. The predicted octanol–water partition coefficient (Wildman–Crippen LogP) is 4.24. The molecule has 3 nitrogen and oxygen atoms in total. The fraction of sp³-hybridized carbons (Fsp3) is 0.381. The molecule has 0 aliphatic heterocycles. The molecule has 2 aromatic rings. The summed E-state index contributed by atoms with van der Waals surface area (Å²) in [5.41, 5.74) is 9.55. The maximum absolute atomic E-state index is 12.5. The minimum absolute atomic E-state index is 0. The van der Waals surface area contributed by atoms with E-state index in [-0.39, 0.29) is 29.8 Å². The second-order valence-electron chi connectivity index (χ2n) is 7.22. The van der Waals surface area contributed by atoms with Gasteiger partial charge in [0, 0.05) is 31.5 Å². The van der Waals surface area contributed by atoms with Gasteiger partial charge in [-0.1, -0.05) is 74.0 Å². The minimum atomic E-state index is -0.261. The van der Waals surface area contributed by atoms with Crippen LogP contribution in [-0.4, -0.2) is 24.4 Å². The van der Waals surface area contributed by atoms with Crippen LogP contribution in [0.25, 0.3) is 0 Å². The summed E-state index contributed by atoms with van der Waals surface area (Å²) >= 11 is 0. The lowest BCUT2D eigenvalue weighted by Crippen LogP contribution is -2.39. The Labute approximate surface area is 157 Å². The van der Waals surface area contributed by atoms with E-state index in [2.05, 4.69) is 45.0 Å². The van der Waals surface area contributed by atoms with Crippen LogP contribution in [0.5, 0.6) is 0 Å². The fourth-order valence-electron chi connectivity index (χ4n) is 2.94. The number of likely N-dealkylation sites (N-methyl/N-ethyl adjacent to an activating group) is 1. The van der Waals surface area contributed by atoms with Gasteiger partial charge in [-0.05, 0) is 18.1 Å². The summed E-state index contributed by atoms with van der Waals surface area (Å²) in [4.78, 5) is 14.3. The zero-order chi connectivity index (χ0) is 17.7. The molecule has 0 aliphatic rings. The van der Waals surface area contributed by atoms with Crippen molar-refractivity contribution in [1.29, 1.82) is 0 Å². The average Bonchev–Trinajstić information content (AvgIpc) is 2.55. The zero-order valence-electron chi connectivity index (χ0n) is 15.5. The maximum atomic E-state index is 12.5. The van der Waals surface area contributed by atoms with Gasteiger partial charge in [-0.3, -0.25) is 4.79 Å². The van der Waals surface area contributed by atoms with E-state index in [1.54, 1.807) is 4.90 Å². The topological polar surface area (TPSA) is 46.3 Å². The Morgan fingerprint density at radius 3 is 2.20 bits per heavy atom. The van der Waals surface area contributed by atoms with Gasteiger partial charge in [0.25, 0.3) is 0 Å². The van der Waals surface area contributed by atoms with E-state index in [9.17, 15) is 4.79 Å². The van der Waals surface area contributed by atoms with E-state index < -0.39 is 0 Å². The third-order valence-corrected chi connectivity index (χ3v) is 4.51. The van der Waals surface area contributed by atoms with Crippen molar-refractivity contribution in [1.82, 2.24) is 4.90 Å². The molecule has 136 valence electrons. The number of aryl methyl sites for hydroxylation is 1. The van der Waals surface area contributed by atoms with Crippen molar-refractivity contribution < 1.29 is 4.79 Å². The highest BCUT2D eigenvalue weighted by molar-refractivity contribution is 5.85. The van der Waals surface area contributed by atoms with Gasteiger partial charge < -0.3 is 10.6 Å². The van der Waals surface area contributed by atoms with Crippen LogP contribution in [0.1, 0.15) is 43.0 Å². The Morgan fingerprint density at radius 2 is 1.64 bits per heavy atom. The second kappa shape index (κ2) is 9.02. The number of hydrogen-bond donors (Lipinski definition) is 1. The van der Waals surface area contributed by atoms with E-state index in [0.717, 1.165) is 5.56 Å². The van der Waals surface area contributed by atoms with E-state index in [0.29, 0.717) is 13.0 Å². The first-order valence-electron chi connectivity index (χ1n) is 8.41. The summed E-state index contributed by atoms with van der Waals surface area (Å²) in [6, 6.07) is 18.0. The molecule has 4 heteroatoms. The molecule has 0 saturated heterocycles. The van der Waals surface area contributed by atoms with Gasteiger partial charge in [0.2, 0.25) is 5.91 Å². The summed E-state index contributed by atoms with van der Waals surface area (Å²) in [6.07, 6.45) is 0.324. The summed E-state index contributed by atoms with van der Waals surface area (Å²) < 4.78 is 0. The number of nitrogens with two attached hydrogens (primary N) is 1. The Hall–Kier alpha value is -1.84. The first-order valence-corrected chi connectivity index (χ1v) is 8.41. The highest BCUT2D eigenvalue weighted by Crippen LogP contribution is 2.25. The van der Waals surface area contributed by atoms with Gasteiger partial charge in [-0.25, -0.2) is 0 Å². The Bertz CT molecular complexity index is 668. The van der Waals surface area contributed by atoms with Crippen LogP contribution in [0.3, 0.4) is 0 Å². The van der Waals surface area contributed by atoms with Crippen LogP contribution in [0.4, 0.5) is 0 Å². The number of amides is 1. The highest BCUT2D eigenvalue weighted by atomic mass is 35.5. The lowest BCUT2D eigenvalue weighted by Gasteiger charge is -2.31. The van der Waals surface area contributed by atoms with Crippen molar-refractivity contribution in [2.45, 2.75) is 38.6 Å². The molecule has 2 N–H and O–H groups in total. The Kier molecular flexibility index (Phi) is 7.65. The van der Waals surface area contributed by atoms with Gasteiger partial charge in [0.05, 0.1) is 0 Å². The molecule has 0 bridgehead atoms. The highest BCUT2D eigenvalue weighted by Gasteiger charge is 2.25. The molecule has 1 atom stereocenters. The number of carbonyl (C=O) groups is 1. The molecule has 0 aromatic heterocycles. The van der Waals surface area contributed by atoms with E-state index in [4.69, 9.17) is 5.73 Å². The van der Waals surface area contributed by atoms with Crippen molar-refractivity contribution in [2.24, 2.45) is 5.73 Å². The van der Waals surface area contributed by atoms with Crippen molar-refractivity contribution in [3.63, 3.8) is 0 Å². The number of hydrogen-bond acceptors (Lipinski definition) is 2. The summed E-state index contributed by atoms with van der Waals surface area (Å²) in [5, 5.41) is 0. The lowest BCUT2D eigenvalue weighted by atomic mass is 9.83. The molecule has 1 unspecified atom stereocenters. The predicted molar refractivity (Wildman–Crippen MR) is 107 cm³/mol. The number of benzene rings is 2. The molecule has 0 fully saturated rings. The fourth-order valence-corrected chi connectivity index (χ4v) is 2.94. The first kappa shape index (κ1) is 21.2. The van der Waals surface area contributed by atoms with E-state index >= 15 is 0 Å². The van der Waals surface area contributed by atoms with Gasteiger partial charge in [-0.15, -0.1) is 12.4 Å². The standard InChI is InChI=1S/C21H28N2O.ClH/c1-16-10-12-18(13-11-16)21(2,3)15-23(4)20(24)14-19(22)17-8-6-5-7-9-17;/h5-13,19H,14-15,22H2,1-4H3;1H. The van der Waals surface area contributed by atoms with Crippen LogP contribution in [0, 0.1) is 6.92 Å². The van der Waals surface area contributed by atoms with Crippen molar-refractivity contribution in [3.8, 4) is 0 Å². The first-order chi connectivity index (χ1) is 11.3. The number of nitrogens with zero attached hydrogens (tertiary/aromatic N) is 1. The number of halogens is 1. The molecule has 1 amide bonds.